The largest absolute Gasteiger partial charge is 0.497 e. The molecule has 1 heterocycles. The highest BCUT2D eigenvalue weighted by Crippen LogP contribution is 2.21. The van der Waals surface area contributed by atoms with Gasteiger partial charge in [0.2, 0.25) is 0 Å². The molecule has 5 nitrogen and oxygen atoms in total. The van der Waals surface area contributed by atoms with Crippen LogP contribution in [0.3, 0.4) is 0 Å². The lowest BCUT2D eigenvalue weighted by Gasteiger charge is -2.33. The summed E-state index contributed by atoms with van der Waals surface area (Å²) in [6, 6.07) is 16.2. The maximum Gasteiger partial charge on any atom is 0.258 e. The van der Waals surface area contributed by atoms with Gasteiger partial charge in [0, 0.05) is 19.1 Å². The van der Waals surface area contributed by atoms with Crippen molar-refractivity contribution in [2.75, 3.05) is 20.3 Å². The van der Waals surface area contributed by atoms with Gasteiger partial charge in [0.25, 0.3) is 5.91 Å². The van der Waals surface area contributed by atoms with Crippen molar-refractivity contribution >= 4 is 5.91 Å². The molecule has 2 aromatic carbocycles. The molecule has 1 aliphatic rings. The van der Waals surface area contributed by atoms with Gasteiger partial charge < -0.3 is 14.8 Å². The Bertz CT molecular complexity index is 761. The first kappa shape index (κ1) is 20.2. The molecule has 0 unspecified atom stereocenters. The van der Waals surface area contributed by atoms with E-state index in [-0.39, 0.29) is 12.5 Å². The van der Waals surface area contributed by atoms with Gasteiger partial charge >= 0.3 is 0 Å². The summed E-state index contributed by atoms with van der Waals surface area (Å²) >= 11 is 0. The van der Waals surface area contributed by atoms with Gasteiger partial charge in [-0.1, -0.05) is 30.7 Å². The zero-order valence-electron chi connectivity index (χ0n) is 16.8. The molecular weight excluding hydrogens is 352 g/mol. The van der Waals surface area contributed by atoms with Crippen molar-refractivity contribution in [1.29, 1.82) is 0 Å². The Hall–Kier alpha value is -2.53. The van der Waals surface area contributed by atoms with E-state index in [1.165, 1.54) is 24.8 Å². The molecule has 1 N–H and O–H groups in total. The molecule has 3 rings (SSSR count). The van der Waals surface area contributed by atoms with Crippen LogP contribution in [0.5, 0.6) is 11.5 Å². The molecule has 28 heavy (non-hydrogen) atoms. The van der Waals surface area contributed by atoms with Crippen molar-refractivity contribution in [3.8, 4) is 11.5 Å². The van der Waals surface area contributed by atoms with Crippen molar-refractivity contribution in [1.82, 2.24) is 10.2 Å². The molecule has 0 saturated carbocycles. The molecule has 0 aromatic heterocycles. The number of carbonyl (C=O) groups is 1. The third-order valence-corrected chi connectivity index (χ3v) is 5.34. The number of carbonyl (C=O) groups excluding carboxylic acids is 1. The van der Waals surface area contributed by atoms with Crippen LogP contribution < -0.4 is 14.8 Å². The first-order chi connectivity index (χ1) is 13.7. The average Bonchev–Trinajstić information content (AvgIpc) is 2.73. The lowest BCUT2D eigenvalue weighted by molar-refractivity contribution is -0.123. The van der Waals surface area contributed by atoms with Crippen LogP contribution in [0, 0.1) is 0 Å². The Labute approximate surface area is 167 Å². The highest BCUT2D eigenvalue weighted by molar-refractivity contribution is 5.77. The second kappa shape index (κ2) is 10.1. The van der Waals surface area contributed by atoms with Crippen LogP contribution in [0.4, 0.5) is 0 Å². The summed E-state index contributed by atoms with van der Waals surface area (Å²) in [5.74, 6) is 1.28. The molecule has 0 bridgehead atoms. The Morgan fingerprint density at radius 2 is 1.79 bits per heavy atom. The smallest absolute Gasteiger partial charge is 0.258 e. The summed E-state index contributed by atoms with van der Waals surface area (Å²) < 4.78 is 10.7. The summed E-state index contributed by atoms with van der Waals surface area (Å²) in [7, 11) is 1.62. The number of hydrogen-bond donors (Lipinski definition) is 1. The molecule has 1 atom stereocenters. The summed E-state index contributed by atoms with van der Waals surface area (Å²) in [5.41, 5.74) is 2.45. The fourth-order valence-corrected chi connectivity index (χ4v) is 3.56. The van der Waals surface area contributed by atoms with E-state index < -0.39 is 0 Å². The van der Waals surface area contributed by atoms with E-state index in [0.29, 0.717) is 18.3 Å². The normalized spacial score (nSPS) is 17.1. The van der Waals surface area contributed by atoms with Crippen LogP contribution in [0.1, 0.15) is 37.3 Å². The maximum absolute atomic E-state index is 12.2. The maximum atomic E-state index is 12.2. The average molecular weight is 383 g/mol. The van der Waals surface area contributed by atoms with Gasteiger partial charge in [-0.3, -0.25) is 9.69 Å². The number of piperidine rings is 1. The van der Waals surface area contributed by atoms with Crippen molar-refractivity contribution in [3.63, 3.8) is 0 Å². The monoisotopic (exact) mass is 382 g/mol. The fraction of sp³-hybridized carbons (Fsp3) is 0.435. The Kier molecular flexibility index (Phi) is 7.31. The molecular formula is C23H30N2O3. The Morgan fingerprint density at radius 3 is 2.50 bits per heavy atom. The molecule has 5 heteroatoms. The van der Waals surface area contributed by atoms with E-state index >= 15 is 0 Å². The molecule has 1 amide bonds. The van der Waals surface area contributed by atoms with Crippen molar-refractivity contribution in [3.05, 3.63) is 59.7 Å². The van der Waals surface area contributed by atoms with E-state index in [4.69, 9.17) is 9.47 Å². The van der Waals surface area contributed by atoms with E-state index in [9.17, 15) is 4.79 Å². The van der Waals surface area contributed by atoms with Gasteiger partial charge in [-0.15, -0.1) is 0 Å². The number of methoxy groups -OCH3 is 1. The van der Waals surface area contributed by atoms with Gasteiger partial charge in [0.1, 0.15) is 11.5 Å². The molecule has 1 aliphatic heterocycles. The third kappa shape index (κ3) is 5.73. The number of ether oxygens (including phenoxy) is 2. The minimum absolute atomic E-state index is 0.00233. The summed E-state index contributed by atoms with van der Waals surface area (Å²) in [4.78, 5) is 14.7. The highest BCUT2D eigenvalue weighted by Gasteiger charge is 2.19. The van der Waals surface area contributed by atoms with Crippen LogP contribution in [-0.4, -0.2) is 37.1 Å². The second-order valence-corrected chi connectivity index (χ2v) is 7.32. The van der Waals surface area contributed by atoms with Crippen molar-refractivity contribution < 1.29 is 14.3 Å². The van der Waals surface area contributed by atoms with Gasteiger partial charge in [-0.05, 0) is 61.7 Å². The molecule has 150 valence electrons. The van der Waals surface area contributed by atoms with Gasteiger partial charge in [-0.2, -0.15) is 0 Å². The number of amides is 1. The lowest BCUT2D eigenvalue weighted by Crippen LogP contribution is -2.37. The lowest BCUT2D eigenvalue weighted by atomic mass is 10.0. The second-order valence-electron chi connectivity index (χ2n) is 7.32. The predicted octanol–water partition coefficient (Wildman–Crippen LogP) is 3.76. The Morgan fingerprint density at radius 1 is 1.07 bits per heavy atom. The number of rotatable bonds is 8. The minimum atomic E-state index is -0.128. The van der Waals surface area contributed by atoms with E-state index in [0.717, 1.165) is 24.4 Å². The first-order valence-corrected chi connectivity index (χ1v) is 10.00. The zero-order valence-corrected chi connectivity index (χ0v) is 16.8. The zero-order chi connectivity index (χ0) is 19.8. The Balaban J connectivity index is 1.50. The van der Waals surface area contributed by atoms with Crippen LogP contribution >= 0.6 is 0 Å². The SMILES string of the molecule is COc1ccc(OCC(=O)NCc2ccccc2CN2CCCC[C@H]2C)cc1. The minimum Gasteiger partial charge on any atom is -0.497 e. The van der Waals surface area contributed by atoms with Crippen LogP contribution in [-0.2, 0) is 17.9 Å². The first-order valence-electron chi connectivity index (χ1n) is 10.00. The number of likely N-dealkylation sites (tertiary alicyclic amines) is 1. The predicted molar refractivity (Wildman–Crippen MR) is 111 cm³/mol. The highest BCUT2D eigenvalue weighted by atomic mass is 16.5. The standard InChI is InChI=1S/C23H30N2O3/c1-18-7-5-6-14-25(18)16-20-9-4-3-8-19(20)15-24-23(26)17-28-22-12-10-21(27-2)11-13-22/h3-4,8-13,18H,5-7,14-17H2,1-2H3,(H,24,26)/t18-/m1/s1. The van der Waals surface area contributed by atoms with Gasteiger partial charge in [-0.25, -0.2) is 0 Å². The topological polar surface area (TPSA) is 50.8 Å². The number of benzene rings is 2. The summed E-state index contributed by atoms with van der Waals surface area (Å²) in [6.07, 6.45) is 3.86. The quantitative estimate of drug-likeness (QED) is 0.755. The molecule has 0 spiro atoms. The molecule has 0 aliphatic carbocycles. The fourth-order valence-electron chi connectivity index (χ4n) is 3.56. The van der Waals surface area contributed by atoms with Crippen molar-refractivity contribution in [2.24, 2.45) is 0 Å². The van der Waals surface area contributed by atoms with E-state index in [2.05, 4.69) is 35.3 Å². The van der Waals surface area contributed by atoms with E-state index in [1.807, 2.05) is 18.2 Å². The number of hydrogen-bond acceptors (Lipinski definition) is 4. The summed E-state index contributed by atoms with van der Waals surface area (Å²) in [6.45, 7) is 4.91. The number of nitrogens with zero attached hydrogens (tertiary/aromatic N) is 1. The molecule has 1 fully saturated rings. The van der Waals surface area contributed by atoms with Crippen molar-refractivity contribution in [2.45, 2.75) is 45.3 Å². The van der Waals surface area contributed by atoms with Crippen LogP contribution in [0.25, 0.3) is 0 Å². The van der Waals surface area contributed by atoms with Gasteiger partial charge in [0.15, 0.2) is 6.61 Å². The molecule has 0 radical (unpaired) electrons. The summed E-state index contributed by atoms with van der Waals surface area (Å²) in [5, 5.41) is 2.97. The van der Waals surface area contributed by atoms with Crippen LogP contribution in [0.2, 0.25) is 0 Å². The number of nitrogens with one attached hydrogen (secondary N) is 1. The van der Waals surface area contributed by atoms with E-state index in [1.54, 1.807) is 19.2 Å². The molecule has 2 aromatic rings. The third-order valence-electron chi connectivity index (χ3n) is 5.34. The van der Waals surface area contributed by atoms with Crippen LogP contribution in [0.15, 0.2) is 48.5 Å². The van der Waals surface area contributed by atoms with Gasteiger partial charge in [0.05, 0.1) is 7.11 Å². The molecule has 1 saturated heterocycles.